The molecular formula is C27H27FN2O3. The van der Waals surface area contributed by atoms with Gasteiger partial charge in [0.1, 0.15) is 11.6 Å². The number of methoxy groups -OCH3 is 1. The van der Waals surface area contributed by atoms with Crippen LogP contribution >= 0.6 is 0 Å². The van der Waals surface area contributed by atoms with Crippen molar-refractivity contribution >= 4 is 11.8 Å². The topological polar surface area (TPSA) is 58.6 Å². The molecule has 3 aromatic rings. The Labute approximate surface area is 193 Å². The quantitative estimate of drug-likeness (QED) is 0.614. The van der Waals surface area contributed by atoms with Crippen LogP contribution in [0.2, 0.25) is 0 Å². The number of hydrogen-bond acceptors (Lipinski definition) is 3. The molecule has 170 valence electrons. The summed E-state index contributed by atoms with van der Waals surface area (Å²) in [7, 11) is 3.17. The Morgan fingerprint density at radius 3 is 2.48 bits per heavy atom. The van der Waals surface area contributed by atoms with Crippen molar-refractivity contribution in [1.29, 1.82) is 0 Å². The minimum Gasteiger partial charge on any atom is -0.497 e. The average Bonchev–Trinajstić information content (AvgIpc) is 3.29. The van der Waals surface area contributed by atoms with E-state index in [-0.39, 0.29) is 24.2 Å². The standard InChI is InChI=1S/C27H27FN2O3/c1-29-26(32)27(14-15-30(18-27)25(31)19-9-7-10-21(16-19)33-2)17-20-8-3-4-11-22(20)23-12-5-6-13-24(23)28/h3-13,16H,14-15,17-18H2,1-2H3,(H,29,32)/t27-/m1/s1. The van der Waals surface area contributed by atoms with Crippen molar-refractivity contribution in [2.75, 3.05) is 27.2 Å². The van der Waals surface area contributed by atoms with E-state index in [1.807, 2.05) is 24.3 Å². The lowest BCUT2D eigenvalue weighted by Crippen LogP contribution is -2.44. The Bertz CT molecular complexity index is 1180. The van der Waals surface area contributed by atoms with Gasteiger partial charge in [-0.25, -0.2) is 4.39 Å². The number of rotatable bonds is 6. The molecule has 0 radical (unpaired) electrons. The van der Waals surface area contributed by atoms with Gasteiger partial charge in [0.2, 0.25) is 5.91 Å². The smallest absolute Gasteiger partial charge is 0.254 e. The zero-order valence-corrected chi connectivity index (χ0v) is 18.8. The first-order valence-electron chi connectivity index (χ1n) is 11.0. The second kappa shape index (κ2) is 9.45. The summed E-state index contributed by atoms with van der Waals surface area (Å²) in [6, 6.07) is 21.2. The van der Waals surface area contributed by atoms with Crippen LogP contribution in [0.3, 0.4) is 0 Å². The molecule has 2 amide bonds. The van der Waals surface area contributed by atoms with E-state index in [0.717, 1.165) is 11.1 Å². The van der Waals surface area contributed by atoms with Crippen LogP contribution in [-0.2, 0) is 11.2 Å². The van der Waals surface area contributed by atoms with Crippen LogP contribution in [0, 0.1) is 11.2 Å². The molecule has 0 aromatic heterocycles. The fraction of sp³-hybridized carbons (Fsp3) is 0.259. The van der Waals surface area contributed by atoms with E-state index in [1.165, 1.54) is 6.07 Å². The van der Waals surface area contributed by atoms with E-state index < -0.39 is 5.41 Å². The third kappa shape index (κ3) is 4.46. The Kier molecular flexibility index (Phi) is 6.45. The normalized spacial score (nSPS) is 17.6. The first-order chi connectivity index (χ1) is 16.0. The van der Waals surface area contributed by atoms with Gasteiger partial charge in [-0.15, -0.1) is 0 Å². The molecule has 5 nitrogen and oxygen atoms in total. The molecule has 4 rings (SSSR count). The molecule has 0 bridgehead atoms. The number of nitrogens with zero attached hydrogens (tertiary/aromatic N) is 1. The van der Waals surface area contributed by atoms with Gasteiger partial charge in [0.25, 0.3) is 5.91 Å². The van der Waals surface area contributed by atoms with E-state index in [0.29, 0.717) is 36.3 Å². The molecule has 1 atom stereocenters. The number of carbonyl (C=O) groups excluding carboxylic acids is 2. The summed E-state index contributed by atoms with van der Waals surface area (Å²) >= 11 is 0. The molecule has 1 heterocycles. The van der Waals surface area contributed by atoms with Gasteiger partial charge in [-0.05, 0) is 48.2 Å². The number of ether oxygens (including phenoxy) is 1. The summed E-state index contributed by atoms with van der Waals surface area (Å²) in [5, 5.41) is 2.79. The van der Waals surface area contributed by atoms with Crippen LogP contribution in [0.5, 0.6) is 5.75 Å². The molecule has 6 heteroatoms. The fourth-order valence-corrected chi connectivity index (χ4v) is 4.64. The third-order valence-electron chi connectivity index (χ3n) is 6.38. The van der Waals surface area contributed by atoms with Crippen LogP contribution in [0.15, 0.2) is 72.8 Å². The lowest BCUT2D eigenvalue weighted by Gasteiger charge is -2.29. The predicted octanol–water partition coefficient (Wildman–Crippen LogP) is 4.32. The SMILES string of the molecule is CNC(=O)[C@@]1(Cc2ccccc2-c2ccccc2F)CCN(C(=O)c2cccc(OC)c2)C1. The van der Waals surface area contributed by atoms with Crippen LogP contribution in [-0.4, -0.2) is 44.0 Å². The Hall–Kier alpha value is -3.67. The maximum Gasteiger partial charge on any atom is 0.254 e. The molecule has 3 aromatic carbocycles. The average molecular weight is 447 g/mol. The lowest BCUT2D eigenvalue weighted by atomic mass is 9.78. The number of nitrogens with one attached hydrogen (secondary N) is 1. The van der Waals surface area contributed by atoms with Crippen molar-refractivity contribution in [2.45, 2.75) is 12.8 Å². The maximum absolute atomic E-state index is 14.6. The first-order valence-corrected chi connectivity index (χ1v) is 11.0. The second-order valence-corrected chi connectivity index (χ2v) is 8.38. The number of benzene rings is 3. The first kappa shape index (κ1) is 22.5. The largest absolute Gasteiger partial charge is 0.497 e. The highest BCUT2D eigenvalue weighted by atomic mass is 19.1. The fourth-order valence-electron chi connectivity index (χ4n) is 4.64. The van der Waals surface area contributed by atoms with Gasteiger partial charge < -0.3 is 15.0 Å². The summed E-state index contributed by atoms with van der Waals surface area (Å²) in [5.41, 5.74) is 1.86. The van der Waals surface area contributed by atoms with Gasteiger partial charge in [0, 0.05) is 31.3 Å². The highest BCUT2D eigenvalue weighted by Crippen LogP contribution is 2.38. The molecule has 0 saturated carbocycles. The number of likely N-dealkylation sites (tertiary alicyclic amines) is 1. The van der Waals surface area contributed by atoms with Crippen molar-refractivity contribution in [3.05, 3.63) is 89.7 Å². The molecule has 33 heavy (non-hydrogen) atoms. The summed E-state index contributed by atoms with van der Waals surface area (Å²) in [6.07, 6.45) is 0.924. The summed E-state index contributed by atoms with van der Waals surface area (Å²) < 4.78 is 19.8. The molecule has 0 unspecified atom stereocenters. The molecule has 0 aliphatic carbocycles. The van der Waals surface area contributed by atoms with Crippen molar-refractivity contribution in [3.8, 4) is 16.9 Å². The van der Waals surface area contributed by atoms with Crippen LogP contribution < -0.4 is 10.1 Å². The summed E-state index contributed by atoms with van der Waals surface area (Å²) in [5.74, 6) is 0.0467. The molecular weight excluding hydrogens is 419 g/mol. The summed E-state index contributed by atoms with van der Waals surface area (Å²) in [4.78, 5) is 28.0. The van der Waals surface area contributed by atoms with E-state index in [2.05, 4.69) is 5.32 Å². The second-order valence-electron chi connectivity index (χ2n) is 8.38. The molecule has 1 N–H and O–H groups in total. The van der Waals surface area contributed by atoms with Crippen LogP contribution in [0.1, 0.15) is 22.3 Å². The highest BCUT2D eigenvalue weighted by Gasteiger charge is 2.46. The zero-order valence-electron chi connectivity index (χ0n) is 18.8. The zero-order chi connectivity index (χ0) is 23.4. The predicted molar refractivity (Wildman–Crippen MR) is 126 cm³/mol. The molecule has 1 aliphatic rings. The number of carbonyl (C=O) groups is 2. The van der Waals surface area contributed by atoms with Gasteiger partial charge in [0.15, 0.2) is 0 Å². The summed E-state index contributed by atoms with van der Waals surface area (Å²) in [6.45, 7) is 0.750. The maximum atomic E-state index is 14.6. The van der Waals surface area contributed by atoms with Crippen LogP contribution in [0.25, 0.3) is 11.1 Å². The van der Waals surface area contributed by atoms with Crippen molar-refractivity contribution in [1.82, 2.24) is 10.2 Å². The highest BCUT2D eigenvalue weighted by molar-refractivity contribution is 5.96. The monoisotopic (exact) mass is 446 g/mol. The van der Waals surface area contributed by atoms with Crippen molar-refractivity contribution < 1.29 is 18.7 Å². The van der Waals surface area contributed by atoms with Crippen molar-refractivity contribution in [2.24, 2.45) is 5.41 Å². The Morgan fingerprint density at radius 1 is 1.03 bits per heavy atom. The lowest BCUT2D eigenvalue weighted by molar-refractivity contribution is -0.129. The van der Waals surface area contributed by atoms with Gasteiger partial charge >= 0.3 is 0 Å². The number of amides is 2. The minimum absolute atomic E-state index is 0.119. The third-order valence-corrected chi connectivity index (χ3v) is 6.38. The van der Waals surface area contributed by atoms with E-state index >= 15 is 0 Å². The van der Waals surface area contributed by atoms with E-state index in [4.69, 9.17) is 4.74 Å². The van der Waals surface area contributed by atoms with Gasteiger partial charge in [0.05, 0.1) is 12.5 Å². The Morgan fingerprint density at radius 2 is 1.76 bits per heavy atom. The van der Waals surface area contributed by atoms with Crippen molar-refractivity contribution in [3.63, 3.8) is 0 Å². The molecule has 1 fully saturated rings. The van der Waals surface area contributed by atoms with Gasteiger partial charge in [-0.1, -0.05) is 48.5 Å². The minimum atomic E-state index is -0.801. The number of hydrogen-bond donors (Lipinski definition) is 1. The van der Waals surface area contributed by atoms with E-state index in [1.54, 1.807) is 61.5 Å². The molecule has 0 spiro atoms. The van der Waals surface area contributed by atoms with Crippen LogP contribution in [0.4, 0.5) is 4.39 Å². The molecule has 1 saturated heterocycles. The molecule has 1 aliphatic heterocycles. The van der Waals surface area contributed by atoms with Gasteiger partial charge in [-0.2, -0.15) is 0 Å². The van der Waals surface area contributed by atoms with E-state index in [9.17, 15) is 14.0 Å². The van der Waals surface area contributed by atoms with Gasteiger partial charge in [-0.3, -0.25) is 9.59 Å². The Balaban J connectivity index is 1.65. The number of halogens is 1.